The number of para-hydroxylation sites is 1. The van der Waals surface area contributed by atoms with E-state index in [0.29, 0.717) is 29.7 Å². The van der Waals surface area contributed by atoms with Crippen molar-refractivity contribution in [3.05, 3.63) is 40.4 Å². The summed E-state index contributed by atoms with van der Waals surface area (Å²) >= 11 is 0. The van der Waals surface area contributed by atoms with Crippen LogP contribution < -0.4 is 5.56 Å². The van der Waals surface area contributed by atoms with Gasteiger partial charge in [-0.25, -0.2) is 13.4 Å². The van der Waals surface area contributed by atoms with E-state index >= 15 is 0 Å². The molecule has 0 radical (unpaired) electrons. The van der Waals surface area contributed by atoms with Crippen molar-refractivity contribution in [1.82, 2.24) is 13.9 Å². The highest BCUT2D eigenvalue weighted by Gasteiger charge is 2.43. The fourth-order valence-corrected chi connectivity index (χ4v) is 5.44. The van der Waals surface area contributed by atoms with Crippen molar-refractivity contribution in [2.24, 2.45) is 0 Å². The van der Waals surface area contributed by atoms with Crippen molar-refractivity contribution < 1.29 is 8.42 Å². The molecule has 3 heterocycles. The molecule has 2 bridgehead atoms. The maximum atomic E-state index is 12.8. The van der Waals surface area contributed by atoms with E-state index in [0.717, 1.165) is 12.8 Å². The summed E-state index contributed by atoms with van der Waals surface area (Å²) in [7, 11) is -3.27. The molecule has 2 atom stereocenters. The Morgan fingerprint density at radius 3 is 2.74 bits per heavy atom. The van der Waals surface area contributed by atoms with E-state index in [2.05, 4.69) is 4.98 Å². The fourth-order valence-electron chi connectivity index (χ4n) is 3.88. The summed E-state index contributed by atoms with van der Waals surface area (Å²) in [5, 5.41) is 0.596. The minimum Gasteiger partial charge on any atom is -0.294 e. The van der Waals surface area contributed by atoms with E-state index in [1.165, 1.54) is 0 Å². The molecule has 4 rings (SSSR count). The van der Waals surface area contributed by atoms with Crippen LogP contribution in [0.5, 0.6) is 0 Å². The van der Waals surface area contributed by atoms with Gasteiger partial charge in [-0.15, -0.1) is 0 Å². The number of sulfonamides is 1. The Hall–Kier alpha value is -1.73. The molecular formula is C16H19N3O3S. The highest BCUT2D eigenvalue weighted by molar-refractivity contribution is 7.89. The van der Waals surface area contributed by atoms with Crippen LogP contribution in [0.15, 0.2) is 29.1 Å². The van der Waals surface area contributed by atoms with E-state index in [-0.39, 0.29) is 23.4 Å². The van der Waals surface area contributed by atoms with Crippen LogP contribution in [0.3, 0.4) is 0 Å². The first-order valence-electron chi connectivity index (χ1n) is 8.01. The van der Waals surface area contributed by atoms with Gasteiger partial charge in [0.25, 0.3) is 5.56 Å². The van der Waals surface area contributed by atoms with Crippen molar-refractivity contribution >= 4 is 20.9 Å². The average molecular weight is 333 g/mol. The Morgan fingerprint density at radius 2 is 1.96 bits per heavy atom. The van der Waals surface area contributed by atoms with Crippen LogP contribution in [0.2, 0.25) is 0 Å². The molecule has 1 aromatic heterocycles. The van der Waals surface area contributed by atoms with Crippen molar-refractivity contribution in [3.63, 3.8) is 0 Å². The average Bonchev–Trinajstić information content (AvgIpc) is 2.85. The van der Waals surface area contributed by atoms with Crippen LogP contribution in [0, 0.1) is 0 Å². The molecule has 2 aliphatic heterocycles. The summed E-state index contributed by atoms with van der Waals surface area (Å²) in [5.74, 6) is 0.804. The van der Waals surface area contributed by atoms with Gasteiger partial charge >= 0.3 is 0 Å². The van der Waals surface area contributed by atoms with Crippen molar-refractivity contribution in [2.75, 3.05) is 5.75 Å². The molecule has 6 nitrogen and oxygen atoms in total. The number of hydrogen-bond acceptors (Lipinski definition) is 4. The fraction of sp³-hybridized carbons (Fsp3) is 0.500. The second-order valence-corrected chi connectivity index (χ2v) is 8.44. The van der Waals surface area contributed by atoms with Crippen molar-refractivity contribution in [2.45, 2.75) is 44.8 Å². The van der Waals surface area contributed by atoms with Gasteiger partial charge < -0.3 is 0 Å². The summed E-state index contributed by atoms with van der Waals surface area (Å²) in [6.45, 7) is 2.08. The normalized spacial score (nSPS) is 24.6. The molecule has 0 N–H and O–H groups in total. The van der Waals surface area contributed by atoms with E-state index < -0.39 is 10.0 Å². The Bertz CT molecular complexity index is 935. The summed E-state index contributed by atoms with van der Waals surface area (Å²) in [5.41, 5.74) is 0.624. The lowest BCUT2D eigenvalue weighted by Gasteiger charge is -2.26. The third-order valence-electron chi connectivity index (χ3n) is 4.99. The summed E-state index contributed by atoms with van der Waals surface area (Å²) in [4.78, 5) is 17.4. The van der Waals surface area contributed by atoms with E-state index in [9.17, 15) is 13.2 Å². The van der Waals surface area contributed by atoms with E-state index in [1.807, 2.05) is 18.2 Å². The second-order valence-electron chi connectivity index (χ2n) is 6.28. The molecule has 0 spiro atoms. The first-order chi connectivity index (χ1) is 11.0. The smallest absolute Gasteiger partial charge is 0.261 e. The molecule has 7 heteroatoms. The zero-order valence-electron chi connectivity index (χ0n) is 13.0. The largest absolute Gasteiger partial charge is 0.294 e. The van der Waals surface area contributed by atoms with Gasteiger partial charge in [0.2, 0.25) is 10.0 Å². The second kappa shape index (κ2) is 5.14. The van der Waals surface area contributed by atoms with Crippen molar-refractivity contribution in [1.29, 1.82) is 0 Å². The number of hydrogen-bond donors (Lipinski definition) is 0. The minimum absolute atomic E-state index is 0.0630. The van der Waals surface area contributed by atoms with Gasteiger partial charge in [-0.3, -0.25) is 9.36 Å². The molecule has 1 saturated heterocycles. The maximum absolute atomic E-state index is 12.8. The van der Waals surface area contributed by atoms with Gasteiger partial charge in [-0.05, 0) is 31.9 Å². The standard InChI is InChI=1S/C16H19N3O3S/c1-2-23(21,22)19-11-7-8-12(19)10-18-15(9-11)17-14-6-4-3-5-13(14)16(18)20/h3-6,11-12H,2,7-10H2,1H3/t11-,12+/m0/s1. The monoisotopic (exact) mass is 333 g/mol. The Labute approximate surface area is 134 Å². The predicted octanol–water partition coefficient (Wildman–Crippen LogP) is 1.14. The SMILES string of the molecule is CCS(=O)(=O)N1[C@@H]2CC[C@H]1Cc1nc3ccccc3c(=O)n1C2. The minimum atomic E-state index is -3.27. The van der Waals surface area contributed by atoms with E-state index in [1.54, 1.807) is 21.9 Å². The third kappa shape index (κ3) is 2.21. The molecular weight excluding hydrogens is 314 g/mol. The number of aromatic nitrogens is 2. The van der Waals surface area contributed by atoms with Gasteiger partial charge in [0.15, 0.2) is 0 Å². The van der Waals surface area contributed by atoms with Crippen LogP contribution in [-0.4, -0.2) is 40.1 Å². The molecule has 0 aliphatic carbocycles. The first-order valence-corrected chi connectivity index (χ1v) is 9.62. The number of nitrogens with zero attached hydrogens (tertiary/aromatic N) is 3. The maximum Gasteiger partial charge on any atom is 0.261 e. The number of fused-ring (bicyclic) bond motifs is 4. The van der Waals surface area contributed by atoms with Gasteiger partial charge in [0.05, 0.1) is 16.7 Å². The zero-order chi connectivity index (χ0) is 16.2. The Morgan fingerprint density at radius 1 is 1.22 bits per heavy atom. The van der Waals surface area contributed by atoms with Gasteiger partial charge in [-0.2, -0.15) is 4.31 Å². The summed E-state index contributed by atoms with van der Waals surface area (Å²) < 4.78 is 28.2. The zero-order valence-corrected chi connectivity index (χ0v) is 13.8. The molecule has 0 saturated carbocycles. The topological polar surface area (TPSA) is 72.3 Å². The van der Waals surface area contributed by atoms with Crippen LogP contribution in [0.4, 0.5) is 0 Å². The molecule has 0 unspecified atom stereocenters. The highest BCUT2D eigenvalue weighted by Crippen LogP contribution is 2.33. The molecule has 23 heavy (non-hydrogen) atoms. The quantitative estimate of drug-likeness (QED) is 0.826. The number of benzene rings is 1. The van der Waals surface area contributed by atoms with Crippen LogP contribution in [-0.2, 0) is 23.0 Å². The third-order valence-corrected chi connectivity index (χ3v) is 6.96. The first kappa shape index (κ1) is 14.8. The number of rotatable bonds is 2. The van der Waals surface area contributed by atoms with Crippen LogP contribution >= 0.6 is 0 Å². The van der Waals surface area contributed by atoms with Crippen LogP contribution in [0.25, 0.3) is 10.9 Å². The van der Waals surface area contributed by atoms with Crippen molar-refractivity contribution in [3.8, 4) is 0 Å². The molecule has 0 amide bonds. The Kier molecular flexibility index (Phi) is 3.32. The lowest BCUT2D eigenvalue weighted by molar-refractivity contribution is 0.316. The lowest BCUT2D eigenvalue weighted by Crippen LogP contribution is -2.43. The van der Waals surface area contributed by atoms with Gasteiger partial charge in [0.1, 0.15) is 5.82 Å². The Balaban J connectivity index is 1.88. The van der Waals surface area contributed by atoms with Crippen LogP contribution in [0.1, 0.15) is 25.6 Å². The van der Waals surface area contributed by atoms with E-state index in [4.69, 9.17) is 0 Å². The highest BCUT2D eigenvalue weighted by atomic mass is 32.2. The lowest BCUT2D eigenvalue weighted by atomic mass is 10.1. The summed E-state index contributed by atoms with van der Waals surface area (Å²) in [6, 6.07) is 7.10. The molecule has 2 aromatic rings. The molecule has 1 fully saturated rings. The van der Waals surface area contributed by atoms with Gasteiger partial charge in [-0.1, -0.05) is 12.1 Å². The molecule has 122 valence electrons. The van der Waals surface area contributed by atoms with Gasteiger partial charge in [0, 0.05) is 25.0 Å². The molecule has 2 aliphatic rings. The predicted molar refractivity (Wildman–Crippen MR) is 87.8 cm³/mol. The summed E-state index contributed by atoms with van der Waals surface area (Å²) in [6.07, 6.45) is 2.16. The molecule has 1 aromatic carbocycles.